The molecule has 0 saturated heterocycles. The minimum atomic E-state index is -1.34. The molecule has 634 valence electrons. The summed E-state index contributed by atoms with van der Waals surface area (Å²) in [5.74, 6) is 1.28. The van der Waals surface area contributed by atoms with Crippen molar-refractivity contribution in [2.75, 3.05) is 93.6 Å². The third kappa shape index (κ3) is 22.3. The summed E-state index contributed by atoms with van der Waals surface area (Å²) in [6.45, 7) is 3.86. The molecule has 8 N–H and O–H groups in total. The number of pyridine rings is 8. The fourth-order valence-corrected chi connectivity index (χ4v) is 14.8. The number of aromatic nitrogens is 8. The van der Waals surface area contributed by atoms with Crippen molar-refractivity contribution in [3.8, 4) is 33.4 Å². The normalized spacial score (nSPS) is 10.6. The molecular weight excluding hydrogens is 1840 g/mol. The Kier molecular flexibility index (Phi) is 35.1. The van der Waals surface area contributed by atoms with Crippen LogP contribution in [0.25, 0.3) is 121 Å². The number of halogens is 6. The predicted octanol–water partition coefficient (Wildman–Crippen LogP) is 12.9. The number of fused-ring (bicyclic) bond motifs is 8. The van der Waals surface area contributed by atoms with E-state index in [2.05, 4.69) is 45.6 Å². The van der Waals surface area contributed by atoms with Crippen molar-refractivity contribution in [1.29, 1.82) is 0 Å². The summed E-state index contributed by atoms with van der Waals surface area (Å²) in [5.41, 5.74) is 9.01. The van der Waals surface area contributed by atoms with Gasteiger partial charge in [0.1, 0.15) is 58.9 Å². The number of carbonyl (C=O) groups is 3. The Morgan fingerprint density at radius 2 is 0.742 bits per heavy atom. The van der Waals surface area contributed by atoms with E-state index in [0.29, 0.717) is 152 Å². The summed E-state index contributed by atoms with van der Waals surface area (Å²) in [4.78, 5) is 119. The molecule has 0 aliphatic rings. The number of hydrogen-bond donors (Lipinski definition) is 5. The van der Waals surface area contributed by atoms with Gasteiger partial charge in [-0.1, -0.05) is 190 Å². The van der Waals surface area contributed by atoms with Crippen molar-refractivity contribution in [3.05, 3.63) is 284 Å². The maximum absolute atomic E-state index is 13.4. The number of aliphatic carboxylic acids is 1. The summed E-state index contributed by atoms with van der Waals surface area (Å²) >= 11 is 31.1. The Morgan fingerprint density at radius 3 is 1.10 bits per heavy atom. The second-order valence-electron chi connectivity index (χ2n) is 27.8. The first-order valence-corrected chi connectivity index (χ1v) is 41.4. The second-order valence-corrected chi connectivity index (χ2v) is 31.0. The number of nitrogens with one attached hydrogen (secondary N) is 2. The summed E-state index contributed by atoms with van der Waals surface area (Å²) in [7, 11) is 13.7. The topological polar surface area (TPSA) is 366 Å². The van der Waals surface area contributed by atoms with Crippen molar-refractivity contribution >= 4 is 226 Å². The number of carboxylic acids is 1. The molecule has 124 heavy (non-hydrogen) atoms. The molecule has 8 aromatic carbocycles. The van der Waals surface area contributed by atoms with E-state index in [4.69, 9.17) is 66.2 Å². The number of benzene rings is 8. The van der Waals surface area contributed by atoms with Crippen molar-refractivity contribution < 1.29 is 68.8 Å². The maximum atomic E-state index is 13.4. The van der Waals surface area contributed by atoms with E-state index in [0.717, 1.165) is 33.9 Å². The minimum absolute atomic E-state index is 0. The van der Waals surface area contributed by atoms with Crippen LogP contribution in [0.1, 0.15) is 13.8 Å². The number of rotatable bonds is 15. The van der Waals surface area contributed by atoms with E-state index in [1.165, 1.54) is 0 Å². The Hall–Kier alpha value is -11.3. The van der Waals surface area contributed by atoms with Crippen molar-refractivity contribution in [3.63, 3.8) is 0 Å². The van der Waals surface area contributed by atoms with Crippen LogP contribution in [-0.4, -0.2) is 164 Å². The zero-order valence-electron chi connectivity index (χ0n) is 69.1. The van der Waals surface area contributed by atoms with Crippen molar-refractivity contribution in [1.82, 2.24) is 39.0 Å². The number of esters is 2. The van der Waals surface area contributed by atoms with Gasteiger partial charge in [0, 0.05) is 94.6 Å². The molecule has 0 aliphatic carbocycles. The monoisotopic (exact) mass is 1920 g/mol. The molecular formula is C90H84BBrCl4ILiN12O14. The van der Waals surface area contributed by atoms with Gasteiger partial charge in [0.2, 0.25) is 0 Å². The SMILES string of the molecule is CCOC(=O)CI.CCOC(=O)Cn1c2nc(N(C)C)ccc2c(=O)c2ccc(Cl)c(-c3ccccc3)c21.CN(C)c1ccc2c(=O)c3ccc(Cl)c(-c4ccccc4)c3[nH]c2n1.CN(C)c1ccc2c(=O)c3ccc(Cl)c(-c4ccccc4)c3n(CC(=O)O)c2n1.CN(C)c1ccc2c(=O)c3ccc(Cl)c(Br)c3[nH]c2n1.O.OB(O)c1ccccc1.[Li+].[OH-]. The van der Waals surface area contributed by atoms with E-state index in [-0.39, 0.29) is 77.2 Å². The zero-order chi connectivity index (χ0) is 87.2. The van der Waals surface area contributed by atoms with Crippen LogP contribution >= 0.6 is 84.9 Å². The number of anilines is 4. The molecule has 0 atom stereocenters. The van der Waals surface area contributed by atoms with Gasteiger partial charge in [0.15, 0.2) is 21.7 Å². The van der Waals surface area contributed by atoms with Gasteiger partial charge in [-0.2, -0.15) is 0 Å². The molecule has 0 saturated carbocycles. The van der Waals surface area contributed by atoms with Crippen LogP contribution in [0, 0.1) is 0 Å². The number of carbonyl (C=O) groups excluding carboxylic acids is 2. The number of nitrogens with zero attached hydrogens (tertiary/aromatic N) is 10. The summed E-state index contributed by atoms with van der Waals surface area (Å²) in [6.07, 6.45) is 0. The van der Waals surface area contributed by atoms with Gasteiger partial charge in [-0.3, -0.25) is 33.6 Å². The molecule has 26 nitrogen and oxygen atoms in total. The first-order valence-electron chi connectivity index (χ1n) is 37.6. The largest absolute Gasteiger partial charge is 1.00 e. The van der Waals surface area contributed by atoms with Gasteiger partial charge >= 0.3 is 43.9 Å². The van der Waals surface area contributed by atoms with Crippen LogP contribution in [0.4, 0.5) is 23.3 Å². The standard InChI is InChI=1S/C24H22ClN3O3.C22H18ClN3O3.C20H16ClN3O.C14H11BrClN3O.C6H7BO2.C4H7IO2.Li.2H2O/c1-4-31-20(29)14-28-22-16(10-12-18(25)21(22)15-8-6-5-7-9-15)23(30)17-11-13-19(27(2)3)26-24(17)28;1-25(2)17-11-9-15-21(29)14-8-10-16(23)19(13-6-4-3-5-7-13)20(14)26(12-18(27)28)22(15)24-17;1-24(2)16-11-9-14-19(25)13-8-10-15(21)17(12-6-4-3-5-7-12)18(13)23-20(14)22-16;1-19(2)10-6-4-8-13(20)7-3-5-9(16)11(15)12(7)18-14(8)17-10;8-7(9)6-4-2-1-3-5-6;1-2-7-4(6)3-5;;;/h5-13H,4,14H2,1-3H3;3-11H,12H2,1-2H3,(H,27,28);3-11H,1-2H3,(H,22,23,25);3-6H,1-2H3,(H,17,18,20);1-5,8-9H;2-3H2,1H3;;2*1H2/q;;;;;;+1;;/p-1. The molecule has 16 rings (SSSR count). The smallest absolute Gasteiger partial charge is 0.870 e. The summed E-state index contributed by atoms with van der Waals surface area (Å²) in [5, 5.41) is 32.8. The third-order valence-corrected chi connectivity index (χ3v) is 21.8. The van der Waals surface area contributed by atoms with Crippen LogP contribution in [0.3, 0.4) is 0 Å². The molecule has 0 unspecified atom stereocenters. The van der Waals surface area contributed by atoms with E-state index in [9.17, 15) is 38.7 Å². The first kappa shape index (κ1) is 98.2. The fraction of sp³-hybridized carbons (Fsp3) is 0.167. The molecule has 8 heterocycles. The van der Waals surface area contributed by atoms with Crippen LogP contribution in [0.2, 0.25) is 20.1 Å². The molecule has 0 spiro atoms. The molecule has 0 fully saturated rings. The summed E-state index contributed by atoms with van der Waals surface area (Å²) < 4.78 is 14.2. The average molecular weight is 1920 g/mol. The molecule has 0 radical (unpaired) electrons. The van der Waals surface area contributed by atoms with E-state index in [1.54, 1.807) is 131 Å². The van der Waals surface area contributed by atoms with Crippen LogP contribution in [-0.2, 0) is 36.9 Å². The fourth-order valence-electron chi connectivity index (χ4n) is 13.2. The molecule has 8 aromatic heterocycles. The average Bonchev–Trinajstić information content (AvgIpc) is 0.737. The number of H-pyrrole nitrogens is 2. The van der Waals surface area contributed by atoms with Gasteiger partial charge in [0.05, 0.1) is 85.8 Å². The van der Waals surface area contributed by atoms with Gasteiger partial charge in [-0.25, -0.2) is 19.9 Å². The Balaban J connectivity index is 0.000000193. The van der Waals surface area contributed by atoms with Crippen LogP contribution < -0.4 is 65.6 Å². The second kappa shape index (κ2) is 44.4. The molecule has 0 aliphatic heterocycles. The van der Waals surface area contributed by atoms with Crippen molar-refractivity contribution in [2.24, 2.45) is 0 Å². The number of alkyl halides is 1. The van der Waals surface area contributed by atoms with Gasteiger partial charge in [-0.05, 0) is 149 Å². The number of hydrogen-bond acceptors (Lipinski definition) is 20. The Morgan fingerprint density at radius 1 is 0.427 bits per heavy atom. The van der Waals surface area contributed by atoms with Crippen molar-refractivity contribution in [2.45, 2.75) is 26.9 Å². The number of aromatic amines is 2. The Bertz CT molecular complexity index is 6830. The summed E-state index contributed by atoms with van der Waals surface area (Å²) in [6, 6.07) is 65.4. The maximum Gasteiger partial charge on any atom is 1.00 e. The van der Waals surface area contributed by atoms with Crippen LogP contribution in [0.5, 0.6) is 0 Å². The molecule has 34 heteroatoms. The van der Waals surface area contributed by atoms with Gasteiger partial charge in [-0.15, -0.1) is 0 Å². The van der Waals surface area contributed by atoms with Gasteiger partial charge in [0.25, 0.3) is 0 Å². The molecule has 0 amide bonds. The number of carboxylic acid groups (broad SMARTS) is 1. The van der Waals surface area contributed by atoms with E-state index in [1.807, 2.05) is 209 Å². The first-order chi connectivity index (χ1) is 58.0. The zero-order valence-corrected chi connectivity index (χ0v) is 75.9. The molecule has 16 aromatic rings. The molecule has 0 bridgehead atoms. The quantitative estimate of drug-likeness (QED) is 0.0209. The van der Waals surface area contributed by atoms with E-state index < -0.39 is 19.1 Å². The Labute approximate surface area is 765 Å². The third-order valence-electron chi connectivity index (χ3n) is 18.9. The number of ether oxygens (including phenoxy) is 2. The minimum Gasteiger partial charge on any atom is -0.870 e. The van der Waals surface area contributed by atoms with E-state index >= 15 is 0 Å². The van der Waals surface area contributed by atoms with Crippen LogP contribution in [0.15, 0.2) is 242 Å². The van der Waals surface area contributed by atoms with Gasteiger partial charge < -0.3 is 74.3 Å². The predicted molar refractivity (Wildman–Crippen MR) is 510 cm³/mol.